The van der Waals surface area contributed by atoms with Crippen molar-refractivity contribution in [2.45, 2.75) is 44.8 Å². The lowest BCUT2D eigenvalue weighted by Gasteiger charge is -2.29. The fourth-order valence-corrected chi connectivity index (χ4v) is 4.13. The minimum atomic E-state index is 0.413. The molecule has 3 heterocycles. The molecule has 136 valence electrons. The maximum Gasteiger partial charge on any atom is 0.155 e. The van der Waals surface area contributed by atoms with Crippen LogP contribution in [0.4, 0.5) is 5.82 Å². The van der Waals surface area contributed by atoms with Gasteiger partial charge in [0.2, 0.25) is 0 Å². The topological polar surface area (TPSA) is 64.3 Å². The van der Waals surface area contributed by atoms with Crippen LogP contribution in [0.5, 0.6) is 0 Å². The van der Waals surface area contributed by atoms with E-state index in [0.29, 0.717) is 12.1 Å². The molecule has 0 atom stereocenters. The van der Waals surface area contributed by atoms with E-state index in [1.807, 2.05) is 28.8 Å². The number of hydrogen-bond donors (Lipinski definition) is 1. The van der Waals surface area contributed by atoms with Gasteiger partial charge in [-0.2, -0.15) is 0 Å². The number of anilines is 1. The number of aromatic nitrogens is 4. The molecule has 0 radical (unpaired) electrons. The van der Waals surface area contributed by atoms with E-state index in [0.717, 1.165) is 59.6 Å². The van der Waals surface area contributed by atoms with Crippen molar-refractivity contribution in [3.8, 4) is 11.3 Å². The Kier molecular flexibility index (Phi) is 5.17. The molecule has 0 aromatic carbocycles. The number of halogens is 1. The second kappa shape index (κ2) is 7.72. The summed E-state index contributed by atoms with van der Waals surface area (Å²) in [5, 5.41) is 8.36. The summed E-state index contributed by atoms with van der Waals surface area (Å²) in [6, 6.07) is 8.36. The Balaban J connectivity index is 1.56. The van der Waals surface area contributed by atoms with Crippen molar-refractivity contribution in [2.24, 2.45) is 0 Å². The predicted octanol–water partition coefficient (Wildman–Crippen LogP) is 4.31. The monoisotopic (exact) mass is 415 g/mol. The van der Waals surface area contributed by atoms with E-state index >= 15 is 0 Å². The first-order valence-electron chi connectivity index (χ1n) is 9.08. The number of fused-ring (bicyclic) bond motifs is 1. The molecule has 3 aromatic heterocycles. The first kappa shape index (κ1) is 17.4. The average molecular weight is 416 g/mol. The van der Waals surface area contributed by atoms with Crippen molar-refractivity contribution < 1.29 is 4.74 Å². The lowest BCUT2D eigenvalue weighted by Crippen LogP contribution is -2.30. The number of rotatable bonds is 5. The average Bonchev–Trinajstić information content (AvgIpc) is 2.99. The molecule has 1 saturated carbocycles. The Bertz CT molecular complexity index is 874. The van der Waals surface area contributed by atoms with Crippen LogP contribution >= 0.6 is 15.9 Å². The molecule has 1 aliphatic carbocycles. The third-order valence-electron chi connectivity index (χ3n) is 4.82. The molecule has 7 heteroatoms. The van der Waals surface area contributed by atoms with Gasteiger partial charge in [0.25, 0.3) is 0 Å². The second-order valence-electron chi connectivity index (χ2n) is 6.55. The molecule has 1 aliphatic rings. The van der Waals surface area contributed by atoms with E-state index in [9.17, 15) is 0 Å². The van der Waals surface area contributed by atoms with Gasteiger partial charge in [0.05, 0.1) is 6.10 Å². The standard InChI is InChI=1S/C19H22BrN5O/c1-2-26-15-5-3-14(4-6-15)22-16-7-8-17-23-19(20)18(25(17)24-16)13-9-11-21-12-10-13/h7-12,14-15H,2-6H2,1H3,(H,22,24)/t14-,15-. The van der Waals surface area contributed by atoms with Gasteiger partial charge in [-0.25, -0.2) is 9.50 Å². The number of hydrogen-bond acceptors (Lipinski definition) is 5. The molecular weight excluding hydrogens is 394 g/mol. The van der Waals surface area contributed by atoms with Crippen molar-refractivity contribution in [3.05, 3.63) is 41.3 Å². The molecule has 6 nitrogen and oxygen atoms in total. The van der Waals surface area contributed by atoms with E-state index < -0.39 is 0 Å². The van der Waals surface area contributed by atoms with Crippen LogP contribution in [0.3, 0.4) is 0 Å². The highest BCUT2D eigenvalue weighted by molar-refractivity contribution is 9.10. The van der Waals surface area contributed by atoms with Crippen molar-refractivity contribution in [2.75, 3.05) is 11.9 Å². The van der Waals surface area contributed by atoms with E-state index in [1.165, 1.54) is 0 Å². The molecule has 1 N–H and O–H groups in total. The zero-order chi connectivity index (χ0) is 17.9. The molecule has 0 bridgehead atoms. The molecule has 1 fully saturated rings. The maximum absolute atomic E-state index is 5.74. The molecule has 3 aromatic rings. The van der Waals surface area contributed by atoms with Gasteiger partial charge in [-0.05, 0) is 72.8 Å². The van der Waals surface area contributed by atoms with Crippen LogP contribution in [0, 0.1) is 0 Å². The summed E-state index contributed by atoms with van der Waals surface area (Å²) in [5.41, 5.74) is 2.78. The second-order valence-corrected chi connectivity index (χ2v) is 7.30. The summed E-state index contributed by atoms with van der Waals surface area (Å²) < 4.78 is 8.41. The first-order chi connectivity index (χ1) is 12.7. The van der Waals surface area contributed by atoms with Gasteiger partial charge < -0.3 is 10.1 Å². The Labute approximate surface area is 161 Å². The van der Waals surface area contributed by atoms with Gasteiger partial charge in [0, 0.05) is 30.6 Å². The zero-order valence-corrected chi connectivity index (χ0v) is 16.3. The minimum absolute atomic E-state index is 0.413. The summed E-state index contributed by atoms with van der Waals surface area (Å²) in [6.45, 7) is 2.86. The fraction of sp³-hybridized carbons (Fsp3) is 0.421. The van der Waals surface area contributed by atoms with Crippen LogP contribution < -0.4 is 5.32 Å². The Morgan fingerprint density at radius 1 is 1.15 bits per heavy atom. The molecule has 4 rings (SSSR count). The Morgan fingerprint density at radius 3 is 2.65 bits per heavy atom. The molecule has 0 amide bonds. The molecule has 26 heavy (non-hydrogen) atoms. The summed E-state index contributed by atoms with van der Waals surface area (Å²) in [6.07, 6.45) is 8.39. The Morgan fingerprint density at radius 2 is 1.92 bits per heavy atom. The predicted molar refractivity (Wildman–Crippen MR) is 105 cm³/mol. The molecule has 0 spiro atoms. The first-order valence-corrected chi connectivity index (χ1v) is 9.87. The Hall–Kier alpha value is -1.99. The molecular formula is C19H22BrN5O. The summed E-state index contributed by atoms with van der Waals surface area (Å²) in [7, 11) is 0. The minimum Gasteiger partial charge on any atom is -0.379 e. The number of nitrogens with one attached hydrogen (secondary N) is 1. The highest BCUT2D eigenvalue weighted by Crippen LogP contribution is 2.29. The van der Waals surface area contributed by atoms with Crippen molar-refractivity contribution >= 4 is 27.4 Å². The SMILES string of the molecule is CCO[C@H]1CC[C@H](Nc2ccc3nc(Br)c(-c4ccncc4)n3n2)CC1. The van der Waals surface area contributed by atoms with Crippen LogP contribution in [0.25, 0.3) is 16.9 Å². The van der Waals surface area contributed by atoms with Gasteiger partial charge in [-0.15, -0.1) is 5.10 Å². The lowest BCUT2D eigenvalue weighted by molar-refractivity contribution is 0.0346. The normalized spacial score (nSPS) is 20.4. The zero-order valence-electron chi connectivity index (χ0n) is 14.7. The van der Waals surface area contributed by atoms with Crippen LogP contribution in [-0.2, 0) is 4.74 Å². The van der Waals surface area contributed by atoms with E-state index in [4.69, 9.17) is 9.84 Å². The van der Waals surface area contributed by atoms with Gasteiger partial charge >= 0.3 is 0 Å². The quantitative estimate of drug-likeness (QED) is 0.672. The van der Waals surface area contributed by atoms with Gasteiger partial charge in [-0.1, -0.05) is 0 Å². The summed E-state index contributed by atoms with van der Waals surface area (Å²) >= 11 is 3.56. The van der Waals surface area contributed by atoms with Crippen molar-refractivity contribution in [1.29, 1.82) is 0 Å². The molecule has 0 saturated heterocycles. The summed E-state index contributed by atoms with van der Waals surface area (Å²) in [5.74, 6) is 0.873. The third kappa shape index (κ3) is 3.59. The van der Waals surface area contributed by atoms with Crippen LogP contribution in [0.2, 0.25) is 0 Å². The van der Waals surface area contributed by atoms with E-state index in [-0.39, 0.29) is 0 Å². The van der Waals surface area contributed by atoms with Crippen LogP contribution in [0.15, 0.2) is 41.3 Å². The highest BCUT2D eigenvalue weighted by Gasteiger charge is 2.22. The van der Waals surface area contributed by atoms with Crippen LogP contribution in [-0.4, -0.2) is 38.3 Å². The largest absolute Gasteiger partial charge is 0.379 e. The van der Waals surface area contributed by atoms with Gasteiger partial charge in [-0.3, -0.25) is 4.98 Å². The van der Waals surface area contributed by atoms with Crippen molar-refractivity contribution in [1.82, 2.24) is 19.6 Å². The number of imidazole rings is 1. The van der Waals surface area contributed by atoms with Gasteiger partial charge in [0.1, 0.15) is 16.1 Å². The van der Waals surface area contributed by atoms with E-state index in [2.05, 4.69) is 38.1 Å². The molecule has 0 aliphatic heterocycles. The number of pyridine rings is 1. The summed E-state index contributed by atoms with van der Waals surface area (Å²) in [4.78, 5) is 8.65. The fourth-order valence-electron chi connectivity index (χ4n) is 3.55. The number of nitrogens with zero attached hydrogens (tertiary/aromatic N) is 4. The highest BCUT2D eigenvalue weighted by atomic mass is 79.9. The van der Waals surface area contributed by atoms with Gasteiger partial charge in [0.15, 0.2) is 5.65 Å². The van der Waals surface area contributed by atoms with Crippen molar-refractivity contribution in [3.63, 3.8) is 0 Å². The lowest BCUT2D eigenvalue weighted by atomic mass is 9.93. The third-order valence-corrected chi connectivity index (χ3v) is 5.37. The van der Waals surface area contributed by atoms with Crippen LogP contribution in [0.1, 0.15) is 32.6 Å². The van der Waals surface area contributed by atoms with E-state index in [1.54, 1.807) is 12.4 Å². The maximum atomic E-state index is 5.74. The smallest absolute Gasteiger partial charge is 0.155 e. The number of ether oxygens (including phenoxy) is 1. The molecule has 0 unspecified atom stereocenters.